The molecule has 0 aliphatic heterocycles. The summed E-state index contributed by atoms with van der Waals surface area (Å²) in [6.07, 6.45) is 8.90. The Balaban J connectivity index is 1.96. The molecule has 0 radical (unpaired) electrons. The predicted molar refractivity (Wildman–Crippen MR) is 59.1 cm³/mol. The van der Waals surface area contributed by atoms with Crippen molar-refractivity contribution in [2.45, 2.75) is 38.6 Å². The van der Waals surface area contributed by atoms with Gasteiger partial charge in [-0.2, -0.15) is 0 Å². The largest absolute Gasteiger partial charge is 0.351 e. The van der Waals surface area contributed by atoms with E-state index in [4.69, 9.17) is 5.73 Å². The Morgan fingerprint density at radius 3 is 2.86 bits per heavy atom. The minimum Gasteiger partial charge on any atom is -0.351 e. The minimum atomic E-state index is 0.759. The number of rotatable bonds is 4. The molecular formula is C12H20N2. The molecule has 0 amide bonds. The first-order valence-electron chi connectivity index (χ1n) is 5.74. The van der Waals surface area contributed by atoms with Crippen LogP contribution in [-0.4, -0.2) is 11.1 Å². The Hall–Kier alpha value is -0.760. The lowest BCUT2D eigenvalue weighted by Gasteiger charge is -2.13. The first-order valence-corrected chi connectivity index (χ1v) is 5.74. The highest BCUT2D eigenvalue weighted by Gasteiger charge is 2.15. The lowest BCUT2D eigenvalue weighted by Crippen LogP contribution is -2.12. The highest BCUT2D eigenvalue weighted by molar-refractivity contribution is 5.07. The molecule has 1 aliphatic rings. The Kier molecular flexibility index (Phi) is 3.25. The molecule has 78 valence electrons. The van der Waals surface area contributed by atoms with Gasteiger partial charge in [0, 0.05) is 18.4 Å². The van der Waals surface area contributed by atoms with Crippen molar-refractivity contribution in [1.29, 1.82) is 0 Å². The zero-order chi connectivity index (χ0) is 9.80. The van der Waals surface area contributed by atoms with Crippen LogP contribution in [0.5, 0.6) is 0 Å². The van der Waals surface area contributed by atoms with Crippen LogP contribution in [0.1, 0.15) is 31.4 Å². The van der Waals surface area contributed by atoms with E-state index in [-0.39, 0.29) is 0 Å². The van der Waals surface area contributed by atoms with E-state index in [1.54, 1.807) is 0 Å². The highest BCUT2D eigenvalue weighted by Crippen LogP contribution is 2.26. The van der Waals surface area contributed by atoms with Crippen molar-refractivity contribution in [1.82, 2.24) is 4.57 Å². The molecule has 1 saturated carbocycles. The predicted octanol–water partition coefficient (Wildman–Crippen LogP) is 2.18. The summed E-state index contributed by atoms with van der Waals surface area (Å²) in [5, 5.41) is 0. The molecule has 1 aromatic heterocycles. The normalized spacial score (nSPS) is 17.8. The smallest absolute Gasteiger partial charge is 0.0250 e. The number of aromatic nitrogens is 1. The summed E-state index contributed by atoms with van der Waals surface area (Å²) in [6.45, 7) is 1.97. The maximum absolute atomic E-state index is 5.58. The van der Waals surface area contributed by atoms with E-state index in [9.17, 15) is 0 Å². The molecule has 1 fully saturated rings. The molecule has 0 spiro atoms. The second-order valence-electron chi connectivity index (χ2n) is 4.34. The first-order chi connectivity index (χ1) is 6.90. The van der Waals surface area contributed by atoms with E-state index < -0.39 is 0 Å². The standard InChI is InChI=1S/C12H20N2/c13-8-7-12-6-3-9-14(12)10-11-4-1-2-5-11/h3,6,9,11H,1-2,4-5,7-8,10,13H2. The summed E-state index contributed by atoms with van der Waals surface area (Å²) >= 11 is 0. The minimum absolute atomic E-state index is 0.759. The van der Waals surface area contributed by atoms with Crippen molar-refractivity contribution in [3.63, 3.8) is 0 Å². The van der Waals surface area contributed by atoms with Crippen molar-refractivity contribution >= 4 is 0 Å². The van der Waals surface area contributed by atoms with Gasteiger partial charge in [-0.3, -0.25) is 0 Å². The van der Waals surface area contributed by atoms with E-state index in [1.807, 2.05) is 0 Å². The Morgan fingerprint density at radius 1 is 1.36 bits per heavy atom. The SMILES string of the molecule is NCCc1cccn1CC1CCCC1. The quantitative estimate of drug-likeness (QED) is 0.779. The van der Waals surface area contributed by atoms with Crippen LogP contribution in [0.2, 0.25) is 0 Å². The molecule has 1 heterocycles. The van der Waals surface area contributed by atoms with Crippen molar-refractivity contribution in [3.8, 4) is 0 Å². The average molecular weight is 192 g/mol. The third-order valence-corrected chi connectivity index (χ3v) is 3.25. The van der Waals surface area contributed by atoms with Crippen molar-refractivity contribution < 1.29 is 0 Å². The van der Waals surface area contributed by atoms with Crippen LogP contribution in [-0.2, 0) is 13.0 Å². The van der Waals surface area contributed by atoms with Gasteiger partial charge in [0.25, 0.3) is 0 Å². The van der Waals surface area contributed by atoms with Gasteiger partial charge in [0.05, 0.1) is 0 Å². The first kappa shape index (κ1) is 9.78. The van der Waals surface area contributed by atoms with Crippen molar-refractivity contribution in [3.05, 3.63) is 24.0 Å². The summed E-state index contributed by atoms with van der Waals surface area (Å²) in [6, 6.07) is 4.34. The second kappa shape index (κ2) is 4.65. The molecular weight excluding hydrogens is 172 g/mol. The number of hydrogen-bond acceptors (Lipinski definition) is 1. The molecule has 0 bridgehead atoms. The molecule has 1 aliphatic carbocycles. The molecule has 2 N–H and O–H groups in total. The van der Waals surface area contributed by atoms with Gasteiger partial charge >= 0.3 is 0 Å². The maximum atomic E-state index is 5.58. The van der Waals surface area contributed by atoms with Crippen molar-refractivity contribution in [2.75, 3.05) is 6.54 Å². The number of hydrogen-bond donors (Lipinski definition) is 1. The van der Waals surface area contributed by atoms with Crippen LogP contribution in [0.15, 0.2) is 18.3 Å². The van der Waals surface area contributed by atoms with Gasteiger partial charge in [-0.25, -0.2) is 0 Å². The van der Waals surface area contributed by atoms with Gasteiger partial charge in [-0.15, -0.1) is 0 Å². The third kappa shape index (κ3) is 2.18. The number of nitrogens with zero attached hydrogens (tertiary/aromatic N) is 1. The molecule has 0 unspecified atom stereocenters. The Labute approximate surface area is 86.1 Å². The monoisotopic (exact) mass is 192 g/mol. The van der Waals surface area contributed by atoms with Crippen LogP contribution in [0.25, 0.3) is 0 Å². The lowest BCUT2D eigenvalue weighted by atomic mass is 10.1. The summed E-state index contributed by atoms with van der Waals surface area (Å²) in [4.78, 5) is 0. The summed E-state index contributed by atoms with van der Waals surface area (Å²) in [5.74, 6) is 0.916. The maximum Gasteiger partial charge on any atom is 0.0250 e. The molecule has 0 atom stereocenters. The van der Waals surface area contributed by atoms with Crippen LogP contribution < -0.4 is 5.73 Å². The average Bonchev–Trinajstić information content (AvgIpc) is 2.80. The van der Waals surface area contributed by atoms with E-state index in [2.05, 4.69) is 22.9 Å². The van der Waals surface area contributed by atoms with E-state index in [0.717, 1.165) is 18.9 Å². The zero-order valence-electron chi connectivity index (χ0n) is 8.78. The topological polar surface area (TPSA) is 30.9 Å². The second-order valence-corrected chi connectivity index (χ2v) is 4.34. The van der Waals surface area contributed by atoms with Gasteiger partial charge in [0.1, 0.15) is 0 Å². The fraction of sp³-hybridized carbons (Fsp3) is 0.667. The van der Waals surface area contributed by atoms with E-state index >= 15 is 0 Å². The number of nitrogens with two attached hydrogens (primary N) is 1. The van der Waals surface area contributed by atoms with Crippen LogP contribution in [0.4, 0.5) is 0 Å². The zero-order valence-corrected chi connectivity index (χ0v) is 8.78. The van der Waals surface area contributed by atoms with Crippen molar-refractivity contribution in [2.24, 2.45) is 11.7 Å². The lowest BCUT2D eigenvalue weighted by molar-refractivity contribution is 0.450. The van der Waals surface area contributed by atoms with E-state index in [0.29, 0.717) is 0 Å². The van der Waals surface area contributed by atoms with Crippen LogP contribution in [0.3, 0.4) is 0 Å². The molecule has 0 saturated heterocycles. The van der Waals surface area contributed by atoms with Gasteiger partial charge in [-0.1, -0.05) is 12.8 Å². The van der Waals surface area contributed by atoms with Crippen LogP contribution in [0, 0.1) is 5.92 Å². The fourth-order valence-electron chi connectivity index (χ4n) is 2.47. The van der Waals surface area contributed by atoms with E-state index in [1.165, 1.54) is 37.9 Å². The summed E-state index contributed by atoms with van der Waals surface area (Å²) < 4.78 is 2.39. The van der Waals surface area contributed by atoms with Crippen LogP contribution >= 0.6 is 0 Å². The molecule has 2 rings (SSSR count). The fourth-order valence-corrected chi connectivity index (χ4v) is 2.47. The van der Waals surface area contributed by atoms with Gasteiger partial charge in [0.15, 0.2) is 0 Å². The molecule has 1 aromatic rings. The summed E-state index contributed by atoms with van der Waals surface area (Å²) in [5.41, 5.74) is 6.99. The van der Waals surface area contributed by atoms with Gasteiger partial charge in [-0.05, 0) is 43.9 Å². The molecule has 2 heteroatoms. The van der Waals surface area contributed by atoms with Gasteiger partial charge in [0.2, 0.25) is 0 Å². The molecule has 2 nitrogen and oxygen atoms in total. The highest BCUT2D eigenvalue weighted by atomic mass is 15.0. The molecule has 0 aromatic carbocycles. The Bertz CT molecular complexity index is 272. The Morgan fingerprint density at radius 2 is 2.14 bits per heavy atom. The van der Waals surface area contributed by atoms with Gasteiger partial charge < -0.3 is 10.3 Å². The molecule has 14 heavy (non-hydrogen) atoms. The summed E-state index contributed by atoms with van der Waals surface area (Å²) in [7, 11) is 0. The third-order valence-electron chi connectivity index (χ3n) is 3.25.